The van der Waals surface area contributed by atoms with Crippen molar-refractivity contribution in [2.45, 2.75) is 0 Å². The van der Waals surface area contributed by atoms with E-state index in [1.807, 2.05) is 0 Å². The summed E-state index contributed by atoms with van der Waals surface area (Å²) in [5.41, 5.74) is 0. The lowest BCUT2D eigenvalue weighted by molar-refractivity contribution is -0.132. The Kier molecular flexibility index (Phi) is 3.32. The molecular weight excluding hydrogens is 117 g/mol. The van der Waals surface area contributed by atoms with Crippen molar-refractivity contribution in [3.63, 3.8) is 0 Å². The molecule has 0 aromatic rings. The molecule has 0 amide bonds. The number of ether oxygens (including phenoxy) is 1. The Morgan fingerprint density at radius 1 is 2.00 bits per heavy atom. The maximum absolute atomic E-state index is 9.96. The molecule has 0 aliphatic rings. The summed E-state index contributed by atoms with van der Waals surface area (Å²) in [6, 6.07) is 0. The lowest BCUT2D eigenvalue weighted by atomic mass is 10.8. The summed E-state index contributed by atoms with van der Waals surface area (Å²) >= 11 is 4.74. The zero-order chi connectivity index (χ0) is 5.70. The highest BCUT2D eigenvalue weighted by Gasteiger charge is 1.87. The van der Waals surface area contributed by atoms with Gasteiger partial charge < -0.3 is 4.74 Å². The van der Waals surface area contributed by atoms with Crippen LogP contribution in [-0.4, -0.2) is 19.3 Å². The topological polar surface area (TPSA) is 38.7 Å². The van der Waals surface area contributed by atoms with Gasteiger partial charge in [-0.25, -0.2) is 4.79 Å². The quantitative estimate of drug-likeness (QED) is 0.372. The van der Waals surface area contributed by atoms with Gasteiger partial charge in [-0.1, -0.05) is 0 Å². The number of carbonyl (C=O) groups is 1. The van der Waals surface area contributed by atoms with Gasteiger partial charge in [0.05, 0.1) is 7.11 Å². The zero-order valence-electron chi connectivity index (χ0n) is 3.72. The molecule has 0 aliphatic carbocycles. The van der Waals surface area contributed by atoms with Gasteiger partial charge in [0.2, 0.25) is 0 Å². The summed E-state index contributed by atoms with van der Waals surface area (Å²) in [6.45, 7) is 0. The van der Waals surface area contributed by atoms with Gasteiger partial charge in [0.1, 0.15) is 6.21 Å². The van der Waals surface area contributed by atoms with Gasteiger partial charge in [-0.05, 0) is 0 Å². The Bertz CT molecular complexity index is 90.9. The summed E-state index contributed by atoms with van der Waals surface area (Å²) in [4.78, 5) is 9.96. The molecule has 3 nitrogen and oxygen atoms in total. The molecule has 40 valence electrons. The van der Waals surface area contributed by atoms with Gasteiger partial charge in [-0.3, -0.25) is 0 Å². The first-order valence-electron chi connectivity index (χ1n) is 1.53. The van der Waals surface area contributed by atoms with Crippen molar-refractivity contribution in [1.82, 2.24) is 0 Å². The number of nitrogens with zero attached hydrogens (tertiary/aromatic N) is 1. The Hall–Kier alpha value is -0.570. The van der Waals surface area contributed by atoms with Crippen LogP contribution in [-0.2, 0) is 9.53 Å². The Morgan fingerprint density at radius 2 is 2.57 bits per heavy atom. The molecule has 0 radical (unpaired) electrons. The molecule has 0 rings (SSSR count). The molecule has 0 spiro atoms. The van der Waals surface area contributed by atoms with E-state index in [1.165, 1.54) is 7.11 Å². The van der Waals surface area contributed by atoms with Crippen molar-refractivity contribution < 1.29 is 9.53 Å². The number of methoxy groups -OCH3 is 1. The third-order valence-electron chi connectivity index (χ3n) is 0.355. The summed E-state index contributed by atoms with van der Waals surface area (Å²) < 4.78 is 7.00. The van der Waals surface area contributed by atoms with Crippen molar-refractivity contribution in [3.8, 4) is 0 Å². The van der Waals surface area contributed by atoms with Gasteiger partial charge in [0, 0.05) is 11.8 Å². The highest BCUT2D eigenvalue weighted by Crippen LogP contribution is 1.71. The van der Waals surface area contributed by atoms with Crippen molar-refractivity contribution in [2.75, 3.05) is 7.11 Å². The van der Waals surface area contributed by atoms with Crippen molar-refractivity contribution in [2.24, 2.45) is 4.51 Å². The molecule has 0 fully saturated rings. The SMILES string of the molecule is COC(=O)C=NCl. The number of hydrogen-bond acceptors (Lipinski definition) is 3. The summed E-state index contributed by atoms with van der Waals surface area (Å²) in [6.07, 6.45) is 0.877. The lowest BCUT2D eigenvalue weighted by Crippen LogP contribution is -1.99. The van der Waals surface area contributed by atoms with E-state index in [0.717, 1.165) is 6.21 Å². The number of rotatable bonds is 1. The molecule has 0 N–H and O–H groups in total. The third-order valence-corrected chi connectivity index (χ3v) is 0.453. The minimum atomic E-state index is -0.546. The van der Waals surface area contributed by atoms with Crippen LogP contribution in [0.3, 0.4) is 0 Å². The smallest absolute Gasteiger partial charge is 0.350 e. The summed E-state index contributed by atoms with van der Waals surface area (Å²) in [5, 5.41) is 0. The van der Waals surface area contributed by atoms with Crippen LogP contribution >= 0.6 is 11.8 Å². The first kappa shape index (κ1) is 6.43. The predicted molar refractivity (Wildman–Crippen MR) is 26.4 cm³/mol. The van der Waals surface area contributed by atoms with Gasteiger partial charge in [-0.2, -0.15) is 4.51 Å². The number of esters is 1. The van der Waals surface area contributed by atoms with Crippen LogP contribution in [0.25, 0.3) is 0 Å². The van der Waals surface area contributed by atoms with E-state index in [1.54, 1.807) is 0 Å². The van der Waals surface area contributed by atoms with Crippen LogP contribution in [0.5, 0.6) is 0 Å². The second kappa shape index (κ2) is 3.61. The molecule has 0 bridgehead atoms. The lowest BCUT2D eigenvalue weighted by Gasteiger charge is -1.83. The second-order valence-corrected chi connectivity index (χ2v) is 0.945. The van der Waals surface area contributed by atoms with Crippen molar-refractivity contribution in [1.29, 1.82) is 0 Å². The van der Waals surface area contributed by atoms with Crippen LogP contribution < -0.4 is 0 Å². The van der Waals surface area contributed by atoms with E-state index in [2.05, 4.69) is 9.25 Å². The molecule has 0 aliphatic heterocycles. The maximum Gasteiger partial charge on any atom is 0.350 e. The number of halogens is 1. The van der Waals surface area contributed by atoms with E-state index in [0.29, 0.717) is 0 Å². The fraction of sp³-hybridized carbons (Fsp3) is 0.333. The average Bonchev–Trinajstić information content (AvgIpc) is 1.68. The van der Waals surface area contributed by atoms with Crippen LogP contribution in [0.15, 0.2) is 4.51 Å². The molecule has 0 saturated carbocycles. The third kappa shape index (κ3) is 3.26. The minimum absolute atomic E-state index is 0.546. The Morgan fingerprint density at radius 3 is 2.71 bits per heavy atom. The van der Waals surface area contributed by atoms with Crippen LogP contribution in [0.4, 0.5) is 0 Å². The van der Waals surface area contributed by atoms with E-state index >= 15 is 0 Å². The average molecular weight is 122 g/mol. The first-order valence-corrected chi connectivity index (χ1v) is 1.87. The van der Waals surface area contributed by atoms with Crippen LogP contribution in [0.1, 0.15) is 0 Å². The molecule has 0 saturated heterocycles. The minimum Gasteiger partial charge on any atom is -0.465 e. The molecule has 0 atom stereocenters. The Labute approximate surface area is 46.1 Å². The van der Waals surface area contributed by atoms with Gasteiger partial charge in [0.25, 0.3) is 0 Å². The van der Waals surface area contributed by atoms with E-state index < -0.39 is 5.97 Å². The molecule has 4 heteroatoms. The molecule has 7 heavy (non-hydrogen) atoms. The number of carbonyl (C=O) groups excluding carboxylic acids is 1. The highest BCUT2D eigenvalue weighted by molar-refractivity contribution is 6.30. The monoisotopic (exact) mass is 121 g/mol. The molecule has 0 aromatic heterocycles. The molecule has 0 unspecified atom stereocenters. The Balaban J connectivity index is 3.37. The van der Waals surface area contributed by atoms with Crippen molar-refractivity contribution in [3.05, 3.63) is 0 Å². The van der Waals surface area contributed by atoms with Crippen LogP contribution in [0, 0.1) is 0 Å². The highest BCUT2D eigenvalue weighted by atomic mass is 35.5. The molecule has 0 aromatic carbocycles. The van der Waals surface area contributed by atoms with Crippen molar-refractivity contribution >= 4 is 24.0 Å². The number of hydrogen-bond donors (Lipinski definition) is 0. The molecule has 0 heterocycles. The second-order valence-electron chi connectivity index (χ2n) is 0.750. The summed E-state index contributed by atoms with van der Waals surface area (Å²) in [5.74, 6) is -0.546. The van der Waals surface area contributed by atoms with Crippen LogP contribution in [0.2, 0.25) is 0 Å². The zero-order valence-corrected chi connectivity index (χ0v) is 4.47. The van der Waals surface area contributed by atoms with E-state index in [4.69, 9.17) is 11.8 Å². The van der Waals surface area contributed by atoms with Gasteiger partial charge >= 0.3 is 5.97 Å². The first-order chi connectivity index (χ1) is 3.31. The fourth-order valence-corrected chi connectivity index (χ4v) is 0.172. The maximum atomic E-state index is 9.96. The largest absolute Gasteiger partial charge is 0.465 e. The fourth-order valence-electron chi connectivity index (χ4n) is 0.0925. The van der Waals surface area contributed by atoms with E-state index in [-0.39, 0.29) is 0 Å². The predicted octanol–water partition coefficient (Wildman–Crippen LogP) is 0.384. The molecular formula is C3H4ClNO2. The summed E-state index contributed by atoms with van der Waals surface area (Å²) in [7, 11) is 1.25. The normalized spacial score (nSPS) is 9.43. The van der Waals surface area contributed by atoms with E-state index in [9.17, 15) is 4.79 Å². The van der Waals surface area contributed by atoms with Gasteiger partial charge in [0.15, 0.2) is 0 Å². The standard InChI is InChI=1S/C3H4ClNO2/c1-7-3(6)2-5-4/h2H,1H3. The van der Waals surface area contributed by atoms with Gasteiger partial charge in [-0.15, -0.1) is 0 Å².